The molecule has 0 aliphatic heterocycles. The van der Waals surface area contributed by atoms with E-state index in [4.69, 9.17) is 15.3 Å². The van der Waals surface area contributed by atoms with E-state index in [1.807, 2.05) is 30.3 Å². The van der Waals surface area contributed by atoms with Crippen LogP contribution in [0.15, 0.2) is 59.4 Å². The Bertz CT molecular complexity index is 904. The van der Waals surface area contributed by atoms with Crippen LogP contribution in [0.2, 0.25) is 0 Å². The van der Waals surface area contributed by atoms with Crippen LogP contribution in [-0.2, 0) is 11.3 Å². The van der Waals surface area contributed by atoms with Crippen molar-refractivity contribution >= 4 is 23.7 Å². The fourth-order valence-electron chi connectivity index (χ4n) is 2.22. The molecule has 0 unspecified atom stereocenters. The van der Waals surface area contributed by atoms with Crippen molar-refractivity contribution in [3.63, 3.8) is 0 Å². The lowest BCUT2D eigenvalue weighted by atomic mass is 10.1. The van der Waals surface area contributed by atoms with Crippen molar-refractivity contribution in [2.75, 3.05) is 11.1 Å². The fraction of sp³-hybridized carbons (Fsp3) is 0.0556. The summed E-state index contributed by atoms with van der Waals surface area (Å²) in [5, 5.41) is 11.8. The second-order valence-electron chi connectivity index (χ2n) is 5.22. The van der Waals surface area contributed by atoms with Crippen molar-refractivity contribution in [2.45, 2.75) is 6.54 Å². The molecule has 0 saturated carbocycles. The highest BCUT2D eigenvalue weighted by molar-refractivity contribution is 5.85. The number of nitrogens with one attached hydrogen (secondary N) is 1. The van der Waals surface area contributed by atoms with Gasteiger partial charge < -0.3 is 20.6 Å². The number of hydrogen-bond donors (Lipinski definition) is 3. The number of furan rings is 1. The Labute approximate surface area is 143 Å². The topological polar surface area (TPSA) is 114 Å². The molecule has 0 atom stereocenters. The van der Waals surface area contributed by atoms with Crippen molar-refractivity contribution in [1.82, 2.24) is 9.97 Å². The van der Waals surface area contributed by atoms with E-state index in [0.29, 0.717) is 18.1 Å². The van der Waals surface area contributed by atoms with Gasteiger partial charge in [0.05, 0.1) is 24.7 Å². The van der Waals surface area contributed by atoms with Gasteiger partial charge in [-0.3, -0.25) is 0 Å². The van der Waals surface area contributed by atoms with Crippen molar-refractivity contribution in [1.29, 1.82) is 0 Å². The minimum atomic E-state index is -0.998. The summed E-state index contributed by atoms with van der Waals surface area (Å²) in [6.07, 6.45) is 5.78. The minimum absolute atomic E-state index is 0.289. The number of carbonyl (C=O) groups is 1. The van der Waals surface area contributed by atoms with Gasteiger partial charge in [0.15, 0.2) is 11.6 Å². The molecule has 25 heavy (non-hydrogen) atoms. The summed E-state index contributed by atoms with van der Waals surface area (Å²) in [6, 6.07) is 11.0. The number of nitrogens with zero attached hydrogens (tertiary/aromatic N) is 2. The smallest absolute Gasteiger partial charge is 0.328 e. The van der Waals surface area contributed by atoms with E-state index in [1.54, 1.807) is 18.5 Å². The molecular formula is C18H16N4O3. The lowest BCUT2D eigenvalue weighted by Gasteiger charge is -2.09. The van der Waals surface area contributed by atoms with E-state index in [2.05, 4.69) is 15.3 Å². The molecule has 3 aromatic rings. The normalized spacial score (nSPS) is 10.9. The molecule has 4 N–H and O–H groups in total. The number of nitrogen functional groups attached to an aromatic ring is 1. The first-order chi connectivity index (χ1) is 12.1. The average Bonchev–Trinajstić information content (AvgIpc) is 3.13. The Morgan fingerprint density at radius 3 is 2.96 bits per heavy atom. The third-order valence-electron chi connectivity index (χ3n) is 3.41. The summed E-state index contributed by atoms with van der Waals surface area (Å²) in [5.74, 6) is 0.507. The zero-order valence-electron chi connectivity index (χ0n) is 13.2. The zero-order chi connectivity index (χ0) is 17.6. The van der Waals surface area contributed by atoms with Gasteiger partial charge in [-0.05, 0) is 29.8 Å². The first-order valence-electron chi connectivity index (χ1n) is 7.52. The van der Waals surface area contributed by atoms with Crippen LogP contribution in [0.1, 0.15) is 11.3 Å². The van der Waals surface area contributed by atoms with Crippen LogP contribution < -0.4 is 11.1 Å². The quantitative estimate of drug-likeness (QED) is 0.593. The first kappa shape index (κ1) is 16.3. The molecule has 126 valence electrons. The van der Waals surface area contributed by atoms with Crippen LogP contribution in [-0.4, -0.2) is 21.0 Å². The van der Waals surface area contributed by atoms with Crippen molar-refractivity contribution < 1.29 is 14.3 Å². The first-order valence-corrected chi connectivity index (χ1v) is 7.52. The monoisotopic (exact) mass is 336 g/mol. The van der Waals surface area contributed by atoms with E-state index >= 15 is 0 Å². The molecular weight excluding hydrogens is 320 g/mol. The van der Waals surface area contributed by atoms with Crippen LogP contribution >= 0.6 is 0 Å². The number of nitrogens with two attached hydrogens (primary N) is 1. The van der Waals surface area contributed by atoms with Crippen molar-refractivity contribution in [3.05, 3.63) is 66.3 Å². The van der Waals surface area contributed by atoms with Gasteiger partial charge in [0.2, 0.25) is 0 Å². The number of hydrogen-bond acceptors (Lipinski definition) is 6. The van der Waals surface area contributed by atoms with E-state index in [-0.39, 0.29) is 5.82 Å². The lowest BCUT2D eigenvalue weighted by Crippen LogP contribution is -2.06. The molecule has 0 spiro atoms. The van der Waals surface area contributed by atoms with Gasteiger partial charge in [-0.1, -0.05) is 18.2 Å². The maximum Gasteiger partial charge on any atom is 0.328 e. The summed E-state index contributed by atoms with van der Waals surface area (Å²) in [5.41, 5.74) is 8.06. The fourth-order valence-corrected chi connectivity index (χ4v) is 2.22. The van der Waals surface area contributed by atoms with Crippen LogP contribution in [0.5, 0.6) is 0 Å². The summed E-state index contributed by atoms with van der Waals surface area (Å²) in [6.45, 7) is 0.441. The number of aromatic nitrogens is 2. The van der Waals surface area contributed by atoms with E-state index in [1.165, 1.54) is 6.08 Å². The number of benzene rings is 1. The summed E-state index contributed by atoms with van der Waals surface area (Å²) >= 11 is 0. The highest BCUT2D eigenvalue weighted by Crippen LogP contribution is 2.23. The number of carboxylic acids is 1. The van der Waals surface area contributed by atoms with Crippen molar-refractivity contribution in [3.8, 4) is 11.3 Å². The molecule has 0 amide bonds. The van der Waals surface area contributed by atoms with E-state index < -0.39 is 5.97 Å². The Morgan fingerprint density at radius 1 is 1.32 bits per heavy atom. The highest BCUT2D eigenvalue weighted by atomic mass is 16.4. The van der Waals surface area contributed by atoms with Gasteiger partial charge in [-0.15, -0.1) is 0 Å². The second kappa shape index (κ2) is 7.31. The molecule has 2 aromatic heterocycles. The predicted molar refractivity (Wildman–Crippen MR) is 94.6 cm³/mol. The maximum absolute atomic E-state index is 10.6. The molecule has 0 aliphatic carbocycles. The summed E-state index contributed by atoms with van der Waals surface area (Å²) < 4.78 is 5.26. The Hall–Kier alpha value is -3.61. The van der Waals surface area contributed by atoms with Gasteiger partial charge >= 0.3 is 5.97 Å². The highest BCUT2D eigenvalue weighted by Gasteiger charge is 2.07. The Kier molecular flexibility index (Phi) is 4.75. The standard InChI is InChI=1S/C18H16N4O3/c19-17-18(21-10-14-5-2-8-25-14)22-15(11-20-17)13-4-1-3-12(9-13)6-7-16(23)24/h1-9,11H,10H2,(H2,19,20)(H,21,22)(H,23,24)/b7-6+. The Morgan fingerprint density at radius 2 is 2.20 bits per heavy atom. The van der Waals surface area contributed by atoms with Gasteiger partial charge in [0.1, 0.15) is 5.76 Å². The van der Waals surface area contributed by atoms with Gasteiger partial charge in [-0.25, -0.2) is 14.8 Å². The lowest BCUT2D eigenvalue weighted by molar-refractivity contribution is -0.131. The molecule has 0 saturated heterocycles. The van der Waals surface area contributed by atoms with Crippen LogP contribution in [0.3, 0.4) is 0 Å². The molecule has 7 heteroatoms. The molecule has 7 nitrogen and oxygen atoms in total. The van der Waals surface area contributed by atoms with E-state index in [9.17, 15) is 4.79 Å². The summed E-state index contributed by atoms with van der Waals surface area (Å²) in [7, 11) is 0. The van der Waals surface area contributed by atoms with Gasteiger partial charge in [0.25, 0.3) is 0 Å². The second-order valence-corrected chi connectivity index (χ2v) is 5.22. The van der Waals surface area contributed by atoms with Gasteiger partial charge in [-0.2, -0.15) is 0 Å². The third-order valence-corrected chi connectivity index (χ3v) is 3.41. The minimum Gasteiger partial charge on any atom is -0.478 e. The van der Waals surface area contributed by atoms with E-state index in [0.717, 1.165) is 23.0 Å². The van der Waals surface area contributed by atoms with Crippen LogP contribution in [0.25, 0.3) is 17.3 Å². The molecule has 0 bridgehead atoms. The number of anilines is 2. The van der Waals surface area contributed by atoms with Crippen LogP contribution in [0.4, 0.5) is 11.6 Å². The molecule has 1 aromatic carbocycles. The van der Waals surface area contributed by atoms with Crippen LogP contribution in [0, 0.1) is 0 Å². The Balaban J connectivity index is 1.84. The average molecular weight is 336 g/mol. The maximum atomic E-state index is 10.6. The molecule has 0 fully saturated rings. The summed E-state index contributed by atoms with van der Waals surface area (Å²) in [4.78, 5) is 19.3. The molecule has 0 aliphatic rings. The largest absolute Gasteiger partial charge is 0.478 e. The van der Waals surface area contributed by atoms with Gasteiger partial charge in [0, 0.05) is 11.6 Å². The predicted octanol–water partition coefficient (Wildman–Crippen LogP) is 3.03. The zero-order valence-corrected chi connectivity index (χ0v) is 13.2. The number of carboxylic acid groups (broad SMARTS) is 1. The molecule has 0 radical (unpaired) electrons. The SMILES string of the molecule is Nc1ncc(-c2cccc(/C=C/C(=O)O)c2)nc1NCc1ccco1. The van der Waals surface area contributed by atoms with Crippen molar-refractivity contribution in [2.24, 2.45) is 0 Å². The molecule has 2 heterocycles. The number of aliphatic carboxylic acids is 1. The molecule has 3 rings (SSSR count). The third kappa shape index (κ3) is 4.23. The number of rotatable bonds is 6.